The van der Waals surface area contributed by atoms with E-state index in [0.29, 0.717) is 22.9 Å². The van der Waals surface area contributed by atoms with Gasteiger partial charge < -0.3 is 10.0 Å². The van der Waals surface area contributed by atoms with Gasteiger partial charge in [-0.2, -0.15) is 11.8 Å². The highest BCUT2D eigenvalue weighted by Gasteiger charge is 2.33. The van der Waals surface area contributed by atoms with Gasteiger partial charge in [-0.15, -0.1) is 0 Å². The van der Waals surface area contributed by atoms with Crippen LogP contribution in [0.15, 0.2) is 18.2 Å². The summed E-state index contributed by atoms with van der Waals surface area (Å²) in [5, 5.41) is 9.11. The maximum absolute atomic E-state index is 12.2. The van der Waals surface area contributed by atoms with E-state index in [2.05, 4.69) is 0 Å². The lowest BCUT2D eigenvalue weighted by molar-refractivity contribution is 0.282. The highest BCUT2D eigenvalue weighted by Crippen LogP contribution is 2.30. The van der Waals surface area contributed by atoms with Crippen molar-refractivity contribution in [2.45, 2.75) is 18.9 Å². The maximum Gasteiger partial charge on any atom is 0.171 e. The normalized spacial score (nSPS) is 20.1. The average molecular weight is 336 g/mol. The van der Waals surface area contributed by atoms with Crippen LogP contribution in [0.2, 0.25) is 5.02 Å². The van der Waals surface area contributed by atoms with Gasteiger partial charge in [-0.25, -0.2) is 8.42 Å². The first-order valence-electron chi connectivity index (χ1n) is 6.45. The molecule has 0 radical (unpaired) electrons. The minimum absolute atomic E-state index is 0.119. The maximum atomic E-state index is 12.2. The SMILES string of the molecule is CCS(=O)(=O)C1CSCCN1c1ccc(CO)c(Cl)c1. The van der Waals surface area contributed by atoms with E-state index in [1.54, 1.807) is 30.8 Å². The van der Waals surface area contributed by atoms with Crippen LogP contribution in [0.3, 0.4) is 0 Å². The first kappa shape index (κ1) is 15.9. The van der Waals surface area contributed by atoms with Gasteiger partial charge in [0.25, 0.3) is 0 Å². The van der Waals surface area contributed by atoms with Crippen LogP contribution >= 0.6 is 23.4 Å². The number of halogens is 1. The first-order valence-corrected chi connectivity index (χ1v) is 9.69. The Hall–Kier alpha value is -0.430. The standard InChI is InChI=1S/C13H18ClNO3S2/c1-2-20(17,18)13-9-19-6-5-15(13)11-4-3-10(8-16)12(14)7-11/h3-4,7,13,16H,2,5-6,8-9H2,1H3. The summed E-state index contributed by atoms with van der Waals surface area (Å²) in [7, 11) is -3.13. The second-order valence-corrected chi connectivity index (χ2v) is 8.61. The van der Waals surface area contributed by atoms with E-state index >= 15 is 0 Å². The van der Waals surface area contributed by atoms with Crippen molar-refractivity contribution in [3.63, 3.8) is 0 Å². The number of aliphatic hydroxyl groups excluding tert-OH is 1. The van der Waals surface area contributed by atoms with Crippen LogP contribution < -0.4 is 4.90 Å². The highest BCUT2D eigenvalue weighted by molar-refractivity contribution is 8.01. The lowest BCUT2D eigenvalue weighted by atomic mass is 10.2. The number of rotatable bonds is 4. The Kier molecular flexibility index (Phi) is 5.23. The molecule has 1 N–H and O–H groups in total. The third kappa shape index (κ3) is 3.24. The molecule has 20 heavy (non-hydrogen) atoms. The van der Waals surface area contributed by atoms with E-state index in [9.17, 15) is 8.42 Å². The van der Waals surface area contributed by atoms with E-state index in [-0.39, 0.29) is 12.4 Å². The number of hydrogen-bond donors (Lipinski definition) is 1. The molecule has 0 saturated carbocycles. The van der Waals surface area contributed by atoms with Crippen molar-refractivity contribution in [2.24, 2.45) is 0 Å². The molecule has 1 aromatic rings. The number of sulfone groups is 1. The number of anilines is 1. The molecule has 112 valence electrons. The molecule has 1 unspecified atom stereocenters. The Balaban J connectivity index is 2.35. The van der Waals surface area contributed by atoms with Gasteiger partial charge in [0.2, 0.25) is 0 Å². The zero-order valence-corrected chi connectivity index (χ0v) is 13.6. The Bertz CT molecular complexity index is 577. The molecule has 7 heteroatoms. The van der Waals surface area contributed by atoms with Gasteiger partial charge in [-0.1, -0.05) is 24.6 Å². The average Bonchev–Trinajstić information content (AvgIpc) is 2.47. The van der Waals surface area contributed by atoms with Crippen LogP contribution in [0.25, 0.3) is 0 Å². The topological polar surface area (TPSA) is 57.6 Å². The highest BCUT2D eigenvalue weighted by atomic mass is 35.5. The van der Waals surface area contributed by atoms with Crippen molar-refractivity contribution >= 4 is 38.9 Å². The summed E-state index contributed by atoms with van der Waals surface area (Å²) in [4.78, 5) is 1.91. The Labute approximate surface area is 129 Å². The molecular weight excluding hydrogens is 318 g/mol. The molecule has 0 amide bonds. The van der Waals surface area contributed by atoms with Crippen molar-refractivity contribution in [3.05, 3.63) is 28.8 Å². The van der Waals surface area contributed by atoms with Crippen LogP contribution in [0.5, 0.6) is 0 Å². The van der Waals surface area contributed by atoms with Crippen LogP contribution in [-0.2, 0) is 16.4 Å². The molecule has 1 saturated heterocycles. The summed E-state index contributed by atoms with van der Waals surface area (Å²) >= 11 is 7.76. The molecule has 1 aliphatic heterocycles. The zero-order valence-electron chi connectivity index (χ0n) is 11.3. The zero-order chi connectivity index (χ0) is 14.8. The Morgan fingerprint density at radius 1 is 1.50 bits per heavy atom. The summed E-state index contributed by atoms with van der Waals surface area (Å²) in [6.45, 7) is 2.24. The van der Waals surface area contributed by atoms with Crippen LogP contribution in [-0.4, -0.2) is 42.7 Å². The first-order chi connectivity index (χ1) is 9.49. The van der Waals surface area contributed by atoms with Gasteiger partial charge in [0, 0.05) is 34.5 Å². The molecule has 0 bridgehead atoms. The van der Waals surface area contributed by atoms with Crippen molar-refractivity contribution in [3.8, 4) is 0 Å². The number of benzene rings is 1. The quantitative estimate of drug-likeness (QED) is 0.913. The van der Waals surface area contributed by atoms with Gasteiger partial charge in [-0.05, 0) is 17.7 Å². The van der Waals surface area contributed by atoms with Gasteiger partial charge in [-0.3, -0.25) is 0 Å². The summed E-state index contributed by atoms with van der Waals surface area (Å²) in [5.41, 5.74) is 1.45. The van der Waals surface area contributed by atoms with E-state index in [0.717, 1.165) is 11.4 Å². The molecule has 0 spiro atoms. The fourth-order valence-electron chi connectivity index (χ4n) is 2.21. The molecule has 1 fully saturated rings. The predicted octanol–water partition coefficient (Wildman–Crippen LogP) is 2.15. The molecular formula is C13H18ClNO3S2. The molecule has 1 aliphatic rings. The fourth-order valence-corrected chi connectivity index (χ4v) is 5.44. The third-order valence-electron chi connectivity index (χ3n) is 3.44. The monoisotopic (exact) mass is 335 g/mol. The molecule has 4 nitrogen and oxygen atoms in total. The summed E-state index contributed by atoms with van der Waals surface area (Å²) in [5.74, 6) is 1.61. The largest absolute Gasteiger partial charge is 0.392 e. The van der Waals surface area contributed by atoms with E-state index in [1.807, 2.05) is 11.0 Å². The van der Waals surface area contributed by atoms with E-state index in [1.165, 1.54) is 0 Å². The van der Waals surface area contributed by atoms with Gasteiger partial charge in [0.1, 0.15) is 5.37 Å². The van der Waals surface area contributed by atoms with Gasteiger partial charge in [0.15, 0.2) is 9.84 Å². The molecule has 0 aromatic heterocycles. The van der Waals surface area contributed by atoms with Crippen molar-refractivity contribution < 1.29 is 13.5 Å². The molecule has 1 atom stereocenters. The number of aliphatic hydroxyl groups is 1. The lowest BCUT2D eigenvalue weighted by Crippen LogP contribution is -2.48. The van der Waals surface area contributed by atoms with E-state index < -0.39 is 15.2 Å². The number of thioether (sulfide) groups is 1. The minimum Gasteiger partial charge on any atom is -0.392 e. The molecule has 1 heterocycles. The van der Waals surface area contributed by atoms with Crippen LogP contribution in [0, 0.1) is 0 Å². The minimum atomic E-state index is -3.13. The summed E-state index contributed by atoms with van der Waals surface area (Å²) in [6.07, 6.45) is 0. The van der Waals surface area contributed by atoms with Crippen molar-refractivity contribution in [2.75, 3.05) is 28.7 Å². The molecule has 2 rings (SSSR count). The Morgan fingerprint density at radius 2 is 2.25 bits per heavy atom. The second kappa shape index (κ2) is 6.56. The van der Waals surface area contributed by atoms with Crippen LogP contribution in [0.1, 0.15) is 12.5 Å². The van der Waals surface area contributed by atoms with E-state index in [4.69, 9.17) is 16.7 Å². The van der Waals surface area contributed by atoms with Crippen molar-refractivity contribution in [1.82, 2.24) is 0 Å². The second-order valence-electron chi connectivity index (χ2n) is 4.61. The predicted molar refractivity (Wildman–Crippen MR) is 85.3 cm³/mol. The van der Waals surface area contributed by atoms with Gasteiger partial charge in [0.05, 0.1) is 6.61 Å². The van der Waals surface area contributed by atoms with Gasteiger partial charge >= 0.3 is 0 Å². The molecule has 0 aliphatic carbocycles. The smallest absolute Gasteiger partial charge is 0.171 e. The molecule has 1 aromatic carbocycles. The fraction of sp³-hybridized carbons (Fsp3) is 0.538. The lowest BCUT2D eigenvalue weighted by Gasteiger charge is -2.36. The number of nitrogens with zero attached hydrogens (tertiary/aromatic N) is 1. The summed E-state index contributed by atoms with van der Waals surface area (Å²) < 4.78 is 24.4. The van der Waals surface area contributed by atoms with Crippen LogP contribution in [0.4, 0.5) is 5.69 Å². The summed E-state index contributed by atoms with van der Waals surface area (Å²) in [6, 6.07) is 5.31. The Morgan fingerprint density at radius 3 is 2.85 bits per heavy atom. The third-order valence-corrected chi connectivity index (χ3v) is 7.08. The number of hydrogen-bond acceptors (Lipinski definition) is 5. The van der Waals surface area contributed by atoms with Crippen molar-refractivity contribution in [1.29, 1.82) is 0 Å².